The van der Waals surface area contributed by atoms with Gasteiger partial charge in [0, 0.05) is 28.3 Å². The summed E-state index contributed by atoms with van der Waals surface area (Å²) < 4.78 is 13.9. The van der Waals surface area contributed by atoms with Gasteiger partial charge in [-0.05, 0) is 30.3 Å². The number of anilines is 1. The maximum Gasteiger partial charge on any atom is 0.274 e. The van der Waals surface area contributed by atoms with Gasteiger partial charge in [0.25, 0.3) is 5.69 Å². The van der Waals surface area contributed by atoms with Gasteiger partial charge in [0.1, 0.15) is 11.9 Å². The van der Waals surface area contributed by atoms with E-state index in [-0.39, 0.29) is 17.8 Å². The number of nitrogens with zero attached hydrogens (tertiary/aromatic N) is 2. The molecule has 1 N–H and O–H groups in total. The van der Waals surface area contributed by atoms with Gasteiger partial charge in [-0.3, -0.25) is 10.1 Å². The van der Waals surface area contributed by atoms with Crippen LogP contribution in [0.4, 0.5) is 15.8 Å². The second kappa shape index (κ2) is 6.33. The fourth-order valence-corrected chi connectivity index (χ4v) is 2.20. The normalized spacial score (nSPS) is 9.95. The molecule has 0 unspecified atom stereocenters. The lowest BCUT2D eigenvalue weighted by atomic mass is 10.1. The SMILES string of the molecule is N#Cc1cc(NCc2cc(Br)ccc2[N+](=O)[O-])ccc1F. The van der Waals surface area contributed by atoms with Gasteiger partial charge in [-0.1, -0.05) is 15.9 Å². The Morgan fingerprint density at radius 2 is 2.10 bits per heavy atom. The topological polar surface area (TPSA) is 79.0 Å². The highest BCUT2D eigenvalue weighted by molar-refractivity contribution is 9.10. The summed E-state index contributed by atoms with van der Waals surface area (Å²) in [4.78, 5) is 10.5. The van der Waals surface area contributed by atoms with Crippen LogP contribution in [0.25, 0.3) is 0 Å². The van der Waals surface area contributed by atoms with Gasteiger partial charge in [-0.25, -0.2) is 4.39 Å². The fourth-order valence-electron chi connectivity index (χ4n) is 1.79. The number of nitrogens with one attached hydrogen (secondary N) is 1. The molecule has 5 nitrogen and oxygen atoms in total. The molecule has 0 amide bonds. The third kappa shape index (κ3) is 3.55. The Hall–Kier alpha value is -2.46. The van der Waals surface area contributed by atoms with Crippen LogP contribution in [0.1, 0.15) is 11.1 Å². The molecule has 0 spiro atoms. The van der Waals surface area contributed by atoms with E-state index in [0.29, 0.717) is 11.3 Å². The van der Waals surface area contributed by atoms with E-state index in [0.717, 1.165) is 4.47 Å². The van der Waals surface area contributed by atoms with E-state index in [1.165, 1.54) is 24.3 Å². The smallest absolute Gasteiger partial charge is 0.274 e. The van der Waals surface area contributed by atoms with Crippen LogP contribution in [0.2, 0.25) is 0 Å². The molecule has 0 saturated carbocycles. The number of rotatable bonds is 4. The Labute approximate surface area is 128 Å². The lowest BCUT2D eigenvalue weighted by Gasteiger charge is -2.08. The average Bonchev–Trinajstić information content (AvgIpc) is 2.46. The molecular weight excluding hydrogens is 341 g/mol. The van der Waals surface area contributed by atoms with Crippen molar-refractivity contribution >= 4 is 27.3 Å². The van der Waals surface area contributed by atoms with Gasteiger partial charge in [-0.15, -0.1) is 0 Å². The minimum atomic E-state index is -0.600. The van der Waals surface area contributed by atoms with E-state index in [4.69, 9.17) is 5.26 Å². The summed E-state index contributed by atoms with van der Waals surface area (Å²) in [6.45, 7) is 0.187. The van der Waals surface area contributed by atoms with E-state index >= 15 is 0 Å². The summed E-state index contributed by atoms with van der Waals surface area (Å²) in [5.74, 6) is -0.600. The highest BCUT2D eigenvalue weighted by Gasteiger charge is 2.13. The van der Waals surface area contributed by atoms with Crippen LogP contribution in [-0.4, -0.2) is 4.92 Å². The molecule has 0 aliphatic rings. The first-order valence-electron chi connectivity index (χ1n) is 5.87. The zero-order valence-electron chi connectivity index (χ0n) is 10.6. The molecule has 0 radical (unpaired) electrons. The molecule has 0 heterocycles. The Morgan fingerprint density at radius 3 is 2.76 bits per heavy atom. The highest BCUT2D eigenvalue weighted by atomic mass is 79.9. The van der Waals surface area contributed by atoms with E-state index in [1.807, 2.05) is 0 Å². The predicted octanol–water partition coefficient (Wildman–Crippen LogP) is 3.98. The standard InChI is InChI=1S/C14H9BrFN3O2/c15-11-1-4-14(19(20)21)10(5-11)8-18-12-2-3-13(16)9(6-12)7-17/h1-6,18H,8H2. The van der Waals surface area contributed by atoms with Crippen molar-refractivity contribution in [3.05, 3.63) is 67.9 Å². The molecular formula is C14H9BrFN3O2. The van der Waals surface area contributed by atoms with E-state index < -0.39 is 10.7 Å². The predicted molar refractivity (Wildman–Crippen MR) is 79.2 cm³/mol. The van der Waals surface area contributed by atoms with Crippen LogP contribution in [0, 0.1) is 27.3 Å². The van der Waals surface area contributed by atoms with Crippen LogP contribution in [0.15, 0.2) is 40.9 Å². The zero-order chi connectivity index (χ0) is 15.4. The molecule has 0 aliphatic heterocycles. The zero-order valence-corrected chi connectivity index (χ0v) is 12.2. The van der Waals surface area contributed by atoms with Gasteiger partial charge in [0.15, 0.2) is 0 Å². The number of halogens is 2. The lowest BCUT2D eigenvalue weighted by Crippen LogP contribution is -2.03. The first-order chi connectivity index (χ1) is 10.0. The molecule has 7 heteroatoms. The lowest BCUT2D eigenvalue weighted by molar-refractivity contribution is -0.385. The van der Waals surface area contributed by atoms with Crippen molar-refractivity contribution in [3.63, 3.8) is 0 Å². The molecule has 0 aliphatic carbocycles. The molecule has 0 aromatic heterocycles. The maximum absolute atomic E-state index is 13.2. The molecule has 106 valence electrons. The third-order valence-electron chi connectivity index (χ3n) is 2.81. The fraction of sp³-hybridized carbons (Fsp3) is 0.0714. The Morgan fingerprint density at radius 1 is 1.33 bits per heavy atom. The highest BCUT2D eigenvalue weighted by Crippen LogP contribution is 2.24. The first-order valence-corrected chi connectivity index (χ1v) is 6.67. The molecule has 0 bridgehead atoms. The monoisotopic (exact) mass is 349 g/mol. The van der Waals surface area contributed by atoms with Gasteiger partial charge in [-0.2, -0.15) is 5.26 Å². The Kier molecular flexibility index (Phi) is 4.50. The van der Waals surface area contributed by atoms with Crippen LogP contribution in [0.5, 0.6) is 0 Å². The summed E-state index contributed by atoms with van der Waals surface area (Å²) in [5, 5.41) is 22.7. The molecule has 2 aromatic carbocycles. The van der Waals surface area contributed by atoms with Crippen LogP contribution in [0.3, 0.4) is 0 Å². The third-order valence-corrected chi connectivity index (χ3v) is 3.30. The summed E-state index contributed by atoms with van der Waals surface area (Å²) in [6.07, 6.45) is 0. The van der Waals surface area contributed by atoms with E-state index in [2.05, 4.69) is 21.2 Å². The number of hydrogen-bond donors (Lipinski definition) is 1. The second-order valence-electron chi connectivity index (χ2n) is 4.19. The summed E-state index contributed by atoms with van der Waals surface area (Å²) >= 11 is 3.26. The van der Waals surface area contributed by atoms with Crippen molar-refractivity contribution in [2.24, 2.45) is 0 Å². The second-order valence-corrected chi connectivity index (χ2v) is 5.11. The van der Waals surface area contributed by atoms with Crippen LogP contribution < -0.4 is 5.32 Å². The maximum atomic E-state index is 13.2. The van der Waals surface area contributed by atoms with E-state index in [9.17, 15) is 14.5 Å². The van der Waals surface area contributed by atoms with Crippen LogP contribution >= 0.6 is 15.9 Å². The van der Waals surface area contributed by atoms with Gasteiger partial charge < -0.3 is 5.32 Å². The van der Waals surface area contributed by atoms with Gasteiger partial charge in [0.05, 0.1) is 10.5 Å². The van der Waals surface area contributed by atoms with Crippen molar-refractivity contribution < 1.29 is 9.31 Å². The van der Waals surface area contributed by atoms with Crippen molar-refractivity contribution in [1.82, 2.24) is 0 Å². The van der Waals surface area contributed by atoms with Crippen molar-refractivity contribution in [2.45, 2.75) is 6.54 Å². The quantitative estimate of drug-likeness (QED) is 0.668. The van der Waals surface area contributed by atoms with Crippen molar-refractivity contribution in [1.29, 1.82) is 5.26 Å². The number of nitro benzene ring substituents is 1. The van der Waals surface area contributed by atoms with Crippen molar-refractivity contribution in [3.8, 4) is 6.07 Å². The Balaban J connectivity index is 2.22. The Bertz CT molecular complexity index is 743. The molecule has 0 saturated heterocycles. The molecule has 0 fully saturated rings. The van der Waals surface area contributed by atoms with Gasteiger partial charge in [0.2, 0.25) is 0 Å². The minimum absolute atomic E-state index is 0.00619. The number of benzene rings is 2. The number of hydrogen-bond acceptors (Lipinski definition) is 4. The van der Waals surface area contributed by atoms with Gasteiger partial charge >= 0.3 is 0 Å². The van der Waals surface area contributed by atoms with Crippen LogP contribution in [-0.2, 0) is 6.54 Å². The minimum Gasteiger partial charge on any atom is -0.381 e. The summed E-state index contributed by atoms with van der Waals surface area (Å²) in [5.41, 5.74) is 0.913. The average molecular weight is 350 g/mol. The van der Waals surface area contributed by atoms with E-state index in [1.54, 1.807) is 18.2 Å². The number of nitro groups is 1. The summed E-state index contributed by atoms with van der Waals surface area (Å²) in [7, 11) is 0. The molecule has 2 rings (SSSR count). The molecule has 21 heavy (non-hydrogen) atoms. The van der Waals surface area contributed by atoms with Crippen molar-refractivity contribution in [2.75, 3.05) is 5.32 Å². The first kappa shape index (κ1) is 14.9. The molecule has 2 aromatic rings. The largest absolute Gasteiger partial charge is 0.381 e. The summed E-state index contributed by atoms with van der Waals surface area (Å²) in [6, 6.07) is 10.4. The molecule has 0 atom stereocenters. The number of nitriles is 1.